The summed E-state index contributed by atoms with van der Waals surface area (Å²) < 4.78 is 2.04. The molecule has 2 aromatic rings. The van der Waals surface area contributed by atoms with Crippen molar-refractivity contribution in [3.05, 3.63) is 46.4 Å². The van der Waals surface area contributed by atoms with Crippen LogP contribution in [0.3, 0.4) is 0 Å². The molecule has 1 aromatic carbocycles. The van der Waals surface area contributed by atoms with Crippen LogP contribution in [0, 0.1) is 17.2 Å². The number of nitrogens with zero attached hydrogens (tertiary/aromatic N) is 4. The third-order valence-electron chi connectivity index (χ3n) is 5.39. The smallest absolute Gasteiger partial charge is 0.0955 e. The van der Waals surface area contributed by atoms with Crippen LogP contribution >= 0.6 is 0 Å². The van der Waals surface area contributed by atoms with Crippen molar-refractivity contribution < 1.29 is 0 Å². The highest BCUT2D eigenvalue weighted by molar-refractivity contribution is 6.12. The lowest BCUT2D eigenvalue weighted by Gasteiger charge is -2.13. The fraction of sp³-hybridized carbons (Fsp3) is 0.458. The molecule has 0 aliphatic carbocycles. The van der Waals surface area contributed by atoms with Crippen LogP contribution in [0.1, 0.15) is 64.5 Å². The van der Waals surface area contributed by atoms with Crippen molar-refractivity contribution in [3.8, 4) is 6.07 Å². The summed E-state index contributed by atoms with van der Waals surface area (Å²) in [5.41, 5.74) is 4.33. The van der Waals surface area contributed by atoms with E-state index in [0.717, 1.165) is 46.9 Å². The van der Waals surface area contributed by atoms with Crippen LogP contribution in [-0.4, -0.2) is 15.3 Å². The maximum atomic E-state index is 9.39. The molecule has 0 aliphatic heterocycles. The lowest BCUT2D eigenvalue weighted by atomic mass is 9.94. The molecule has 0 spiro atoms. The van der Waals surface area contributed by atoms with Gasteiger partial charge in [-0.3, -0.25) is 4.99 Å². The molecule has 2 rings (SSSR count). The quantitative estimate of drug-likeness (QED) is 0.673. The Hall–Kier alpha value is -2.67. The first-order chi connectivity index (χ1) is 13.5. The number of imidazole rings is 1. The molecule has 4 nitrogen and oxygen atoms in total. The Morgan fingerprint density at radius 1 is 1.29 bits per heavy atom. The Morgan fingerprint density at radius 2 is 2.04 bits per heavy atom. The molecule has 1 aromatic heterocycles. The summed E-state index contributed by atoms with van der Waals surface area (Å²) in [7, 11) is 2.01. The number of hydrogen-bond acceptors (Lipinski definition) is 3. The van der Waals surface area contributed by atoms with Crippen molar-refractivity contribution in [3.63, 3.8) is 0 Å². The van der Waals surface area contributed by atoms with Crippen LogP contribution in [0.2, 0.25) is 0 Å². The van der Waals surface area contributed by atoms with E-state index in [2.05, 4.69) is 63.0 Å². The van der Waals surface area contributed by atoms with Crippen molar-refractivity contribution in [2.24, 2.45) is 18.0 Å². The van der Waals surface area contributed by atoms with E-state index >= 15 is 0 Å². The summed E-state index contributed by atoms with van der Waals surface area (Å²) in [6, 6.07) is 8.68. The van der Waals surface area contributed by atoms with Crippen LogP contribution in [-0.2, 0) is 13.5 Å². The zero-order valence-electron chi connectivity index (χ0n) is 18.0. The van der Waals surface area contributed by atoms with E-state index in [-0.39, 0.29) is 5.92 Å². The second-order valence-electron chi connectivity index (χ2n) is 7.24. The summed E-state index contributed by atoms with van der Waals surface area (Å²) in [4.78, 5) is 9.52. The largest absolute Gasteiger partial charge is 0.334 e. The van der Waals surface area contributed by atoms with Crippen molar-refractivity contribution in [1.29, 1.82) is 5.26 Å². The van der Waals surface area contributed by atoms with Gasteiger partial charge in [0.2, 0.25) is 0 Å². The second kappa shape index (κ2) is 10.0. The molecule has 0 saturated carbocycles. The minimum absolute atomic E-state index is 0.0546. The van der Waals surface area contributed by atoms with Gasteiger partial charge in [-0.25, -0.2) is 4.98 Å². The predicted molar refractivity (Wildman–Crippen MR) is 118 cm³/mol. The monoisotopic (exact) mass is 376 g/mol. The Kier molecular flexibility index (Phi) is 7.75. The molecule has 2 unspecified atom stereocenters. The van der Waals surface area contributed by atoms with Gasteiger partial charge in [-0.05, 0) is 55.4 Å². The van der Waals surface area contributed by atoms with E-state index in [1.54, 1.807) is 0 Å². The summed E-state index contributed by atoms with van der Waals surface area (Å²) in [5.74, 6) is 0.285. The van der Waals surface area contributed by atoms with Crippen LogP contribution in [0.4, 0.5) is 5.69 Å². The first kappa shape index (κ1) is 21.6. The van der Waals surface area contributed by atoms with Crippen LogP contribution in [0.25, 0.3) is 12.2 Å². The van der Waals surface area contributed by atoms with Gasteiger partial charge in [0, 0.05) is 12.8 Å². The highest BCUT2D eigenvalue weighted by Gasteiger charge is 2.12. The molecule has 0 bridgehead atoms. The van der Waals surface area contributed by atoms with Gasteiger partial charge in [-0.1, -0.05) is 45.9 Å². The molecule has 0 saturated heterocycles. The van der Waals surface area contributed by atoms with Crippen molar-refractivity contribution >= 4 is 23.6 Å². The van der Waals surface area contributed by atoms with Gasteiger partial charge in [-0.2, -0.15) is 5.26 Å². The SMILES string of the molecule is CC=c1ncn(C)/c1=C/C(=Nc1ccc(C(C#N)CC)cc1CC)C(C)CC. The number of aliphatic imine (C=N–C) groups is 1. The number of rotatable bonds is 7. The van der Waals surface area contributed by atoms with Gasteiger partial charge in [0.1, 0.15) is 0 Å². The summed E-state index contributed by atoms with van der Waals surface area (Å²) in [6.45, 7) is 10.6. The summed E-state index contributed by atoms with van der Waals surface area (Å²) >= 11 is 0. The van der Waals surface area contributed by atoms with Gasteiger partial charge >= 0.3 is 0 Å². The van der Waals surface area contributed by atoms with E-state index < -0.39 is 0 Å². The van der Waals surface area contributed by atoms with E-state index in [9.17, 15) is 5.26 Å². The first-order valence-corrected chi connectivity index (χ1v) is 10.2. The minimum atomic E-state index is -0.0546. The average molecular weight is 377 g/mol. The van der Waals surface area contributed by atoms with Crippen molar-refractivity contribution in [1.82, 2.24) is 9.55 Å². The Labute approximate surface area is 169 Å². The molecule has 2 atom stereocenters. The van der Waals surface area contributed by atoms with Crippen LogP contribution in [0.5, 0.6) is 0 Å². The molecule has 148 valence electrons. The molecular weight excluding hydrogens is 344 g/mol. The molecule has 0 aliphatic rings. The molecule has 28 heavy (non-hydrogen) atoms. The lowest BCUT2D eigenvalue weighted by molar-refractivity contribution is 0.744. The zero-order valence-corrected chi connectivity index (χ0v) is 18.0. The number of hydrogen-bond donors (Lipinski definition) is 0. The Bertz CT molecular complexity index is 989. The second-order valence-corrected chi connectivity index (χ2v) is 7.24. The average Bonchev–Trinajstić information content (AvgIpc) is 3.07. The molecule has 0 fully saturated rings. The van der Waals surface area contributed by atoms with E-state index in [1.807, 2.05) is 30.9 Å². The normalized spacial score (nSPS) is 15.5. The standard InChI is InChI=1S/C24H32N4/c1-7-17(5)23(14-24-21(10-4)26-16-28(24)6)27-22-12-11-20(13-18(22)8-2)19(9-3)15-25/h10-14,16-17,19H,7-9H2,1-6H3/b21-10?,24-14+,27-23?. The number of aryl methyl sites for hydroxylation is 2. The van der Waals surface area contributed by atoms with Crippen LogP contribution < -0.4 is 10.7 Å². The lowest BCUT2D eigenvalue weighted by Crippen LogP contribution is -2.30. The maximum Gasteiger partial charge on any atom is 0.0955 e. The first-order valence-electron chi connectivity index (χ1n) is 10.2. The Balaban J connectivity index is 2.63. The van der Waals surface area contributed by atoms with Gasteiger partial charge in [-0.15, -0.1) is 0 Å². The highest BCUT2D eigenvalue weighted by atomic mass is 15.0. The number of nitriles is 1. The minimum Gasteiger partial charge on any atom is -0.334 e. The fourth-order valence-electron chi connectivity index (χ4n) is 3.24. The molecule has 4 heteroatoms. The molecule has 0 amide bonds. The van der Waals surface area contributed by atoms with Crippen molar-refractivity contribution in [2.75, 3.05) is 0 Å². The topological polar surface area (TPSA) is 54.0 Å². The molecule has 0 N–H and O–H groups in total. The van der Waals surface area contributed by atoms with Gasteiger partial charge < -0.3 is 4.57 Å². The number of benzene rings is 1. The zero-order chi connectivity index (χ0) is 20.7. The van der Waals surface area contributed by atoms with E-state index in [1.165, 1.54) is 5.56 Å². The maximum absolute atomic E-state index is 9.39. The highest BCUT2D eigenvalue weighted by Crippen LogP contribution is 2.28. The van der Waals surface area contributed by atoms with E-state index in [4.69, 9.17) is 4.99 Å². The third kappa shape index (κ3) is 4.78. The molecular formula is C24H32N4. The van der Waals surface area contributed by atoms with Crippen LogP contribution in [0.15, 0.2) is 29.5 Å². The Morgan fingerprint density at radius 3 is 2.61 bits per heavy atom. The summed E-state index contributed by atoms with van der Waals surface area (Å²) in [6.07, 6.45) is 8.76. The van der Waals surface area contributed by atoms with Gasteiger partial charge in [0.25, 0.3) is 0 Å². The number of aromatic nitrogens is 2. The van der Waals surface area contributed by atoms with Crippen molar-refractivity contribution in [2.45, 2.75) is 59.8 Å². The third-order valence-corrected chi connectivity index (χ3v) is 5.39. The fourth-order valence-corrected chi connectivity index (χ4v) is 3.24. The van der Waals surface area contributed by atoms with E-state index in [0.29, 0.717) is 5.92 Å². The molecule has 1 heterocycles. The molecule has 0 radical (unpaired) electrons. The summed E-state index contributed by atoms with van der Waals surface area (Å²) in [5, 5.41) is 11.4. The predicted octanol–water partition coefficient (Wildman–Crippen LogP) is 4.40. The van der Waals surface area contributed by atoms with Gasteiger partial charge in [0.15, 0.2) is 0 Å². The van der Waals surface area contributed by atoms with Gasteiger partial charge in [0.05, 0.1) is 34.7 Å².